The minimum absolute atomic E-state index is 0.209. The highest BCUT2D eigenvalue weighted by atomic mass is 32.3. The molecule has 37 heavy (non-hydrogen) atoms. The Hall–Kier alpha value is -2.69. The molecule has 0 radical (unpaired) electrons. The molecule has 10 heteroatoms. The number of hydrogen-bond acceptors (Lipinski definition) is 5. The van der Waals surface area contributed by atoms with Gasteiger partial charge < -0.3 is 9.47 Å². The number of benzene rings is 3. The van der Waals surface area contributed by atoms with Crippen molar-refractivity contribution in [1.29, 1.82) is 0 Å². The van der Waals surface area contributed by atoms with E-state index in [4.69, 9.17) is 13.1 Å². The van der Waals surface area contributed by atoms with Gasteiger partial charge in [-0.05, 0) is 100 Å². The van der Waals surface area contributed by atoms with Crippen LogP contribution in [0, 0.1) is 0 Å². The maximum atomic E-state index is 13.8. The van der Waals surface area contributed by atoms with Gasteiger partial charge in [-0.1, -0.05) is 30.3 Å². The molecule has 0 fully saturated rings. The van der Waals surface area contributed by atoms with Crippen LogP contribution in [-0.2, 0) is 13.7 Å². The first-order valence-electron chi connectivity index (χ1n) is 11.4. The van der Waals surface area contributed by atoms with Gasteiger partial charge in [0.2, 0.25) is 0 Å². The number of hydrogen-bond donors (Lipinski definition) is 0. The molecular weight excluding hydrogens is 525 g/mol. The summed E-state index contributed by atoms with van der Waals surface area (Å²) in [6.07, 6.45) is 0. The number of halogens is 3. The molecule has 0 amide bonds. The molecule has 0 saturated heterocycles. The van der Waals surface area contributed by atoms with Gasteiger partial charge >= 0.3 is 15.6 Å². The molecule has 3 aromatic carbocycles. The maximum absolute atomic E-state index is 13.8. The Bertz CT molecular complexity index is 1270. The number of alkyl halides is 3. The van der Waals surface area contributed by atoms with E-state index < -0.39 is 37.1 Å². The van der Waals surface area contributed by atoms with Crippen molar-refractivity contribution in [3.05, 3.63) is 78.9 Å². The molecule has 0 N–H and O–H groups in total. The molecule has 0 heterocycles. The van der Waals surface area contributed by atoms with Crippen LogP contribution in [0.25, 0.3) is 0 Å². The van der Waals surface area contributed by atoms with Crippen molar-refractivity contribution in [2.24, 2.45) is 0 Å². The van der Waals surface area contributed by atoms with E-state index in [2.05, 4.69) is 0 Å². The Morgan fingerprint density at radius 1 is 0.595 bits per heavy atom. The second-order valence-electron chi connectivity index (χ2n) is 10.2. The van der Waals surface area contributed by atoms with E-state index in [0.717, 1.165) is 0 Å². The van der Waals surface area contributed by atoms with Crippen LogP contribution in [0.15, 0.2) is 93.5 Å². The molecule has 5 nitrogen and oxygen atoms in total. The second kappa shape index (κ2) is 10.2. The quantitative estimate of drug-likeness (QED) is 0.275. The fourth-order valence-electron chi connectivity index (χ4n) is 3.45. The van der Waals surface area contributed by atoms with E-state index in [-0.39, 0.29) is 14.7 Å². The predicted molar refractivity (Wildman–Crippen MR) is 139 cm³/mol. The number of rotatable bonds is 7. The summed E-state index contributed by atoms with van der Waals surface area (Å²) in [5.74, 6) is 0.709. The minimum Gasteiger partial charge on any atom is -0.488 e. The van der Waals surface area contributed by atoms with Gasteiger partial charge in [-0.3, -0.25) is 0 Å². The smallest absolute Gasteiger partial charge is 0.488 e. The molecule has 3 rings (SSSR count). The largest absolute Gasteiger partial charge is 0.524 e. The molecule has 0 aromatic heterocycles. The molecule has 3 aromatic rings. The third-order valence-corrected chi connectivity index (χ3v) is 9.54. The van der Waals surface area contributed by atoms with Gasteiger partial charge in [0.05, 0.1) is 0 Å². The summed E-state index contributed by atoms with van der Waals surface area (Å²) in [7, 11) is -9.54. The molecule has 0 aliphatic rings. The summed E-state index contributed by atoms with van der Waals surface area (Å²) >= 11 is 0. The van der Waals surface area contributed by atoms with Crippen LogP contribution in [0.3, 0.4) is 0 Å². The van der Waals surface area contributed by atoms with Gasteiger partial charge in [0.25, 0.3) is 0 Å². The highest BCUT2D eigenvalue weighted by Gasteiger charge is 2.52. The molecular formula is C27H31F3O5S2. The van der Waals surface area contributed by atoms with E-state index in [9.17, 15) is 21.6 Å². The first kappa shape index (κ1) is 28.9. The zero-order chi connectivity index (χ0) is 27.7. The molecule has 0 unspecified atom stereocenters. The van der Waals surface area contributed by atoms with Crippen LogP contribution in [0.5, 0.6) is 11.5 Å². The predicted octanol–water partition coefficient (Wildman–Crippen LogP) is 8.10. The van der Waals surface area contributed by atoms with Crippen LogP contribution >= 0.6 is 10.3 Å². The number of ether oxygens (including phenoxy) is 2. The Balaban J connectivity index is 2.40. The third kappa shape index (κ3) is 7.00. The maximum Gasteiger partial charge on any atom is 0.524 e. The van der Waals surface area contributed by atoms with E-state index in [1.54, 1.807) is 66.7 Å². The Kier molecular flexibility index (Phi) is 7.98. The van der Waals surface area contributed by atoms with Crippen molar-refractivity contribution in [2.45, 2.75) is 72.9 Å². The van der Waals surface area contributed by atoms with Crippen molar-refractivity contribution < 1.29 is 34.7 Å². The Morgan fingerprint density at radius 3 is 1.38 bits per heavy atom. The fraction of sp³-hybridized carbons (Fsp3) is 0.333. The average Bonchev–Trinajstić information content (AvgIpc) is 2.75. The lowest BCUT2D eigenvalue weighted by molar-refractivity contribution is -0.0496. The Morgan fingerprint density at radius 2 is 1.00 bits per heavy atom. The van der Waals surface area contributed by atoms with Gasteiger partial charge in [-0.2, -0.15) is 25.2 Å². The van der Waals surface area contributed by atoms with Crippen LogP contribution in [0.4, 0.5) is 13.2 Å². The monoisotopic (exact) mass is 556 g/mol. The highest BCUT2D eigenvalue weighted by Crippen LogP contribution is 2.71. The normalized spacial score (nSPS) is 13.8. The summed E-state index contributed by atoms with van der Waals surface area (Å²) < 4.78 is 83.8. The zero-order valence-electron chi connectivity index (χ0n) is 21.5. The SMILES string of the molecule is CC(C)(C)Oc1cccc(S(OS(=O)(=O)C(F)(F)F)(c2ccccc2)c2cccc(OC(C)(C)C)c2)c1. The van der Waals surface area contributed by atoms with Crippen molar-refractivity contribution in [3.8, 4) is 11.5 Å². The van der Waals surface area contributed by atoms with Gasteiger partial charge in [0, 0.05) is 14.7 Å². The summed E-state index contributed by atoms with van der Waals surface area (Å²) in [5, 5.41) is 0. The zero-order valence-corrected chi connectivity index (χ0v) is 23.1. The third-order valence-electron chi connectivity index (χ3n) is 4.67. The average molecular weight is 557 g/mol. The lowest BCUT2D eigenvalue weighted by Crippen LogP contribution is -2.28. The molecule has 202 valence electrons. The van der Waals surface area contributed by atoms with Crippen molar-refractivity contribution in [2.75, 3.05) is 0 Å². The first-order valence-corrected chi connectivity index (χ1v) is 14.4. The van der Waals surface area contributed by atoms with Crippen LogP contribution in [0.1, 0.15) is 41.5 Å². The highest BCUT2D eigenvalue weighted by molar-refractivity contribution is 8.33. The summed E-state index contributed by atoms with van der Waals surface area (Å²) in [6, 6.07) is 20.7. The van der Waals surface area contributed by atoms with Crippen molar-refractivity contribution in [3.63, 3.8) is 0 Å². The van der Waals surface area contributed by atoms with Crippen molar-refractivity contribution in [1.82, 2.24) is 0 Å². The standard InChI is InChI=1S/C27H31F3O5S2/c1-25(2,3)33-20-12-10-16-23(18-20)36(22-14-8-7-9-15-22,35-37(31,32)27(28,29)30)24-17-11-13-21(19-24)34-26(4,5)6/h7-19H,1-6H3. The van der Waals surface area contributed by atoms with Gasteiger partial charge in [0.15, 0.2) is 0 Å². The molecule has 0 aliphatic heterocycles. The van der Waals surface area contributed by atoms with Crippen LogP contribution in [-0.4, -0.2) is 25.1 Å². The molecule has 0 aliphatic carbocycles. The van der Waals surface area contributed by atoms with E-state index in [1.807, 2.05) is 41.5 Å². The lowest BCUT2D eigenvalue weighted by atomic mass is 10.2. The van der Waals surface area contributed by atoms with E-state index >= 15 is 0 Å². The molecule has 0 spiro atoms. The topological polar surface area (TPSA) is 61.8 Å². The summed E-state index contributed by atoms with van der Waals surface area (Å²) in [5.41, 5.74) is -6.86. The first-order chi connectivity index (χ1) is 16.9. The van der Waals surface area contributed by atoms with Gasteiger partial charge in [-0.15, -0.1) is 0 Å². The Labute approximate surface area is 218 Å². The molecule has 0 saturated carbocycles. The second-order valence-corrected chi connectivity index (χ2v) is 14.7. The fourth-order valence-corrected chi connectivity index (χ4v) is 8.24. The summed E-state index contributed by atoms with van der Waals surface area (Å²) in [6.45, 7) is 11.0. The summed E-state index contributed by atoms with van der Waals surface area (Å²) in [4.78, 5) is 0.672. The van der Waals surface area contributed by atoms with Gasteiger partial charge in [-0.25, -0.2) is 0 Å². The van der Waals surface area contributed by atoms with E-state index in [1.165, 1.54) is 12.1 Å². The van der Waals surface area contributed by atoms with Crippen LogP contribution < -0.4 is 9.47 Å². The minimum atomic E-state index is -6.04. The van der Waals surface area contributed by atoms with E-state index in [0.29, 0.717) is 11.5 Å². The van der Waals surface area contributed by atoms with Crippen LogP contribution in [0.2, 0.25) is 0 Å². The molecule has 0 atom stereocenters. The van der Waals surface area contributed by atoms with Crippen molar-refractivity contribution >= 4 is 20.4 Å². The van der Waals surface area contributed by atoms with Gasteiger partial charge in [0.1, 0.15) is 22.7 Å². The molecule has 0 bridgehead atoms. The lowest BCUT2D eigenvalue weighted by Gasteiger charge is -2.40.